The van der Waals surface area contributed by atoms with E-state index in [2.05, 4.69) is 6.92 Å². The number of piperidine rings is 1. The Kier molecular flexibility index (Phi) is 2.52. The molecule has 14 heavy (non-hydrogen) atoms. The largest absolute Gasteiger partial charge is 0.336 e. The van der Waals surface area contributed by atoms with Gasteiger partial charge in [0.05, 0.1) is 6.04 Å². The number of carbonyl (C=O) groups excluding carboxylic acids is 1. The molecule has 0 bridgehead atoms. The summed E-state index contributed by atoms with van der Waals surface area (Å²) in [7, 11) is 0. The van der Waals surface area contributed by atoms with E-state index in [9.17, 15) is 4.79 Å². The summed E-state index contributed by atoms with van der Waals surface area (Å²) in [5.41, 5.74) is 5.92. The zero-order chi connectivity index (χ0) is 10.2. The van der Waals surface area contributed by atoms with E-state index in [1.165, 1.54) is 12.8 Å². The van der Waals surface area contributed by atoms with Crippen molar-refractivity contribution in [2.75, 3.05) is 6.54 Å². The second kappa shape index (κ2) is 3.54. The van der Waals surface area contributed by atoms with Gasteiger partial charge in [0.1, 0.15) is 0 Å². The maximum atomic E-state index is 11.9. The average molecular weight is 196 g/mol. The van der Waals surface area contributed by atoms with Crippen molar-refractivity contribution in [3.63, 3.8) is 0 Å². The van der Waals surface area contributed by atoms with Crippen LogP contribution in [0.15, 0.2) is 0 Å². The van der Waals surface area contributed by atoms with Crippen LogP contribution in [-0.4, -0.2) is 28.9 Å². The van der Waals surface area contributed by atoms with E-state index in [0.717, 1.165) is 32.2 Å². The van der Waals surface area contributed by atoms with Crippen molar-refractivity contribution < 1.29 is 4.79 Å². The Morgan fingerprint density at radius 1 is 1.36 bits per heavy atom. The van der Waals surface area contributed by atoms with Crippen molar-refractivity contribution in [3.05, 3.63) is 0 Å². The van der Waals surface area contributed by atoms with Crippen LogP contribution in [0.25, 0.3) is 0 Å². The van der Waals surface area contributed by atoms with Crippen molar-refractivity contribution in [3.8, 4) is 0 Å². The van der Waals surface area contributed by atoms with Gasteiger partial charge >= 0.3 is 0 Å². The standard InChI is InChI=1S/C11H20N2O/c1-11(6-2-3-7-11)13-8-4-5-9(12)10(13)14/h9H,2-8,12H2,1H3. The molecule has 2 aliphatic rings. The summed E-state index contributed by atoms with van der Waals surface area (Å²) < 4.78 is 0. The Morgan fingerprint density at radius 2 is 2.00 bits per heavy atom. The third kappa shape index (κ3) is 1.54. The molecule has 0 radical (unpaired) electrons. The average Bonchev–Trinajstić information content (AvgIpc) is 2.58. The molecule has 2 N–H and O–H groups in total. The van der Waals surface area contributed by atoms with Gasteiger partial charge in [-0.05, 0) is 32.6 Å². The maximum Gasteiger partial charge on any atom is 0.239 e. The van der Waals surface area contributed by atoms with Crippen molar-refractivity contribution in [1.82, 2.24) is 4.90 Å². The Bertz CT molecular complexity index is 233. The SMILES string of the molecule is CC1(N2CCCC(N)C2=O)CCCC1. The van der Waals surface area contributed by atoms with Gasteiger partial charge in [0.2, 0.25) is 5.91 Å². The van der Waals surface area contributed by atoms with Crippen LogP contribution >= 0.6 is 0 Å². The van der Waals surface area contributed by atoms with Gasteiger partial charge in [0, 0.05) is 12.1 Å². The fourth-order valence-corrected chi connectivity index (χ4v) is 2.85. The van der Waals surface area contributed by atoms with Crippen LogP contribution in [0.5, 0.6) is 0 Å². The number of hydrogen-bond donors (Lipinski definition) is 1. The van der Waals surface area contributed by atoms with E-state index >= 15 is 0 Å². The van der Waals surface area contributed by atoms with Gasteiger partial charge in [-0.15, -0.1) is 0 Å². The number of nitrogens with zero attached hydrogens (tertiary/aromatic N) is 1. The lowest BCUT2D eigenvalue weighted by Crippen LogP contribution is -2.56. The van der Waals surface area contributed by atoms with Crippen LogP contribution in [0.4, 0.5) is 0 Å². The molecule has 2 fully saturated rings. The summed E-state index contributed by atoms with van der Waals surface area (Å²) in [6, 6.07) is -0.235. The summed E-state index contributed by atoms with van der Waals surface area (Å²) in [5, 5.41) is 0. The van der Waals surface area contributed by atoms with Crippen LogP contribution in [0.1, 0.15) is 45.4 Å². The second-order valence-electron chi connectivity index (χ2n) is 4.94. The highest BCUT2D eigenvalue weighted by Gasteiger charge is 2.40. The second-order valence-corrected chi connectivity index (χ2v) is 4.94. The molecule has 1 aliphatic heterocycles. The number of hydrogen-bond acceptors (Lipinski definition) is 2. The molecule has 0 aromatic heterocycles. The minimum atomic E-state index is -0.235. The highest BCUT2D eigenvalue weighted by Crippen LogP contribution is 2.36. The van der Waals surface area contributed by atoms with Crippen molar-refractivity contribution in [2.45, 2.75) is 57.0 Å². The first-order valence-electron chi connectivity index (χ1n) is 5.70. The summed E-state index contributed by atoms with van der Waals surface area (Å²) in [6.07, 6.45) is 6.77. The Labute approximate surface area is 85.6 Å². The van der Waals surface area contributed by atoms with Crippen molar-refractivity contribution >= 4 is 5.91 Å². The fourth-order valence-electron chi connectivity index (χ4n) is 2.85. The van der Waals surface area contributed by atoms with Crippen LogP contribution in [0.3, 0.4) is 0 Å². The van der Waals surface area contributed by atoms with Gasteiger partial charge in [0.15, 0.2) is 0 Å². The molecule has 1 aliphatic carbocycles. The van der Waals surface area contributed by atoms with Gasteiger partial charge in [-0.2, -0.15) is 0 Å². The highest BCUT2D eigenvalue weighted by molar-refractivity contribution is 5.83. The first kappa shape index (κ1) is 9.97. The topological polar surface area (TPSA) is 46.3 Å². The van der Waals surface area contributed by atoms with Crippen molar-refractivity contribution in [2.24, 2.45) is 5.73 Å². The number of carbonyl (C=O) groups is 1. The van der Waals surface area contributed by atoms with E-state index in [-0.39, 0.29) is 17.5 Å². The molecule has 3 nitrogen and oxygen atoms in total. The molecule has 0 aromatic carbocycles. The maximum absolute atomic E-state index is 11.9. The van der Waals surface area contributed by atoms with Gasteiger partial charge in [-0.1, -0.05) is 12.8 Å². The fraction of sp³-hybridized carbons (Fsp3) is 0.909. The molecule has 2 rings (SSSR count). The first-order chi connectivity index (χ1) is 6.63. The van der Waals surface area contributed by atoms with E-state index in [0.29, 0.717) is 0 Å². The van der Waals surface area contributed by atoms with Crippen molar-refractivity contribution in [1.29, 1.82) is 0 Å². The first-order valence-corrected chi connectivity index (χ1v) is 5.70. The van der Waals surface area contributed by atoms with Crippen LogP contribution in [0, 0.1) is 0 Å². The molecule has 1 saturated heterocycles. The molecule has 1 atom stereocenters. The van der Waals surface area contributed by atoms with E-state index in [4.69, 9.17) is 5.73 Å². The molecular formula is C11H20N2O. The summed E-state index contributed by atoms with van der Waals surface area (Å²) in [5.74, 6) is 0.181. The molecule has 1 heterocycles. The number of nitrogens with two attached hydrogens (primary N) is 1. The zero-order valence-electron chi connectivity index (χ0n) is 8.96. The molecule has 80 valence electrons. The Hall–Kier alpha value is -0.570. The quantitative estimate of drug-likeness (QED) is 0.686. The lowest BCUT2D eigenvalue weighted by Gasteiger charge is -2.42. The predicted octanol–water partition coefficient (Wildman–Crippen LogP) is 1.27. The van der Waals surface area contributed by atoms with Gasteiger partial charge in [-0.25, -0.2) is 0 Å². The summed E-state index contributed by atoms with van der Waals surface area (Å²) in [4.78, 5) is 14.0. The van der Waals surface area contributed by atoms with Gasteiger partial charge in [0.25, 0.3) is 0 Å². The summed E-state index contributed by atoms with van der Waals surface area (Å²) >= 11 is 0. The van der Waals surface area contributed by atoms with Gasteiger partial charge < -0.3 is 10.6 Å². The summed E-state index contributed by atoms with van der Waals surface area (Å²) in [6.45, 7) is 3.14. The minimum absolute atomic E-state index is 0.120. The van der Waals surface area contributed by atoms with Crippen LogP contribution < -0.4 is 5.73 Å². The van der Waals surface area contributed by atoms with E-state index in [1.807, 2.05) is 4.90 Å². The third-order valence-corrected chi connectivity index (χ3v) is 3.81. The normalized spacial score (nSPS) is 32.3. The minimum Gasteiger partial charge on any atom is -0.336 e. The molecular weight excluding hydrogens is 176 g/mol. The molecule has 3 heteroatoms. The number of likely N-dealkylation sites (tertiary alicyclic amines) is 1. The zero-order valence-corrected chi connectivity index (χ0v) is 8.96. The Morgan fingerprint density at radius 3 is 2.64 bits per heavy atom. The van der Waals surface area contributed by atoms with Crippen LogP contribution in [0.2, 0.25) is 0 Å². The van der Waals surface area contributed by atoms with Crippen LogP contribution in [-0.2, 0) is 4.79 Å². The lowest BCUT2D eigenvalue weighted by molar-refractivity contribution is -0.141. The smallest absolute Gasteiger partial charge is 0.239 e. The van der Waals surface area contributed by atoms with E-state index < -0.39 is 0 Å². The predicted molar refractivity (Wildman–Crippen MR) is 55.8 cm³/mol. The monoisotopic (exact) mass is 196 g/mol. The van der Waals surface area contributed by atoms with Gasteiger partial charge in [-0.3, -0.25) is 4.79 Å². The number of amides is 1. The molecule has 1 saturated carbocycles. The highest BCUT2D eigenvalue weighted by atomic mass is 16.2. The molecule has 1 amide bonds. The lowest BCUT2D eigenvalue weighted by atomic mass is 9.93. The third-order valence-electron chi connectivity index (χ3n) is 3.81. The number of rotatable bonds is 1. The Balaban J connectivity index is 2.12. The van der Waals surface area contributed by atoms with E-state index in [1.54, 1.807) is 0 Å². The molecule has 0 spiro atoms. The molecule has 0 aromatic rings. The molecule has 1 unspecified atom stereocenters.